The van der Waals surface area contributed by atoms with Crippen LogP contribution in [0.5, 0.6) is 0 Å². The summed E-state index contributed by atoms with van der Waals surface area (Å²) in [5, 5.41) is 61.5. The molecule has 0 saturated carbocycles. The van der Waals surface area contributed by atoms with E-state index in [1.807, 2.05) is 0 Å². The molecule has 0 fully saturated rings. The number of aliphatic hydroxyl groups excluding tert-OH is 6. The monoisotopic (exact) mass is 226 g/mol. The fourth-order valence-electron chi connectivity index (χ4n) is 0.870. The molecule has 8 nitrogen and oxygen atoms in total. The van der Waals surface area contributed by atoms with E-state index >= 15 is 0 Å². The third-order valence-electron chi connectivity index (χ3n) is 1.86. The summed E-state index contributed by atoms with van der Waals surface area (Å²) in [6.07, 6.45) is -10.2. The summed E-state index contributed by atoms with van der Waals surface area (Å²) in [7, 11) is 0. The normalized spacial score (nSPS) is 21.5. The van der Waals surface area contributed by atoms with Crippen LogP contribution in [0.3, 0.4) is 0 Å². The van der Waals surface area contributed by atoms with E-state index in [-0.39, 0.29) is 0 Å². The van der Waals surface area contributed by atoms with Gasteiger partial charge in [0, 0.05) is 0 Å². The zero-order valence-electron chi connectivity index (χ0n) is 7.63. The molecule has 0 radical (unpaired) electrons. The SMILES string of the molecule is O=C(O)[C@H](O)[C@@H](O)[C@H](O)[C@H](O)[C@@H](O)CO. The molecular formula is C7H14O8. The van der Waals surface area contributed by atoms with Crippen molar-refractivity contribution in [2.24, 2.45) is 0 Å². The van der Waals surface area contributed by atoms with Crippen LogP contribution >= 0.6 is 0 Å². The first-order valence-electron chi connectivity index (χ1n) is 4.07. The van der Waals surface area contributed by atoms with Gasteiger partial charge in [0.1, 0.15) is 24.4 Å². The van der Waals surface area contributed by atoms with Gasteiger partial charge in [-0.05, 0) is 0 Å². The van der Waals surface area contributed by atoms with Gasteiger partial charge in [0.25, 0.3) is 0 Å². The molecule has 0 aromatic carbocycles. The number of carboxylic acids is 1. The van der Waals surface area contributed by atoms with Gasteiger partial charge < -0.3 is 35.7 Å². The Morgan fingerprint density at radius 2 is 1.40 bits per heavy atom. The maximum Gasteiger partial charge on any atom is 0.335 e. The molecule has 0 unspecified atom stereocenters. The topological polar surface area (TPSA) is 159 Å². The van der Waals surface area contributed by atoms with Crippen molar-refractivity contribution in [1.29, 1.82) is 0 Å². The third kappa shape index (κ3) is 3.70. The number of carboxylic acid groups (broad SMARTS) is 1. The highest BCUT2D eigenvalue weighted by Crippen LogP contribution is 2.08. The van der Waals surface area contributed by atoms with Gasteiger partial charge in [-0.2, -0.15) is 0 Å². The highest BCUT2D eigenvalue weighted by atomic mass is 16.4. The molecule has 90 valence electrons. The van der Waals surface area contributed by atoms with Gasteiger partial charge in [0.2, 0.25) is 0 Å². The maximum absolute atomic E-state index is 10.2. The van der Waals surface area contributed by atoms with Gasteiger partial charge in [0.15, 0.2) is 6.10 Å². The predicted octanol–water partition coefficient (Wildman–Crippen LogP) is -4.13. The average molecular weight is 226 g/mol. The van der Waals surface area contributed by atoms with Crippen molar-refractivity contribution in [2.45, 2.75) is 30.5 Å². The Balaban J connectivity index is 4.42. The molecule has 7 N–H and O–H groups in total. The second-order valence-corrected chi connectivity index (χ2v) is 3.00. The molecule has 0 rings (SSSR count). The molecule has 15 heavy (non-hydrogen) atoms. The summed E-state index contributed by atoms with van der Waals surface area (Å²) in [5.41, 5.74) is 0. The lowest BCUT2D eigenvalue weighted by Gasteiger charge is -2.26. The van der Waals surface area contributed by atoms with Crippen LogP contribution in [-0.4, -0.2) is 78.8 Å². The fourth-order valence-corrected chi connectivity index (χ4v) is 0.870. The van der Waals surface area contributed by atoms with Crippen LogP contribution in [0.25, 0.3) is 0 Å². The standard InChI is InChI=1S/C7H14O8/c8-1-2(9)3(10)4(11)5(12)6(13)7(14)15/h2-6,8-13H,1H2,(H,14,15)/t2-,3+,4+,5-,6+/m0/s1. The molecule has 8 heteroatoms. The predicted molar refractivity (Wildman–Crippen MR) is 44.8 cm³/mol. The second-order valence-electron chi connectivity index (χ2n) is 3.00. The van der Waals surface area contributed by atoms with Gasteiger partial charge in [-0.1, -0.05) is 0 Å². The zero-order valence-corrected chi connectivity index (χ0v) is 7.63. The quantitative estimate of drug-likeness (QED) is 0.240. The van der Waals surface area contributed by atoms with Gasteiger partial charge >= 0.3 is 5.97 Å². The van der Waals surface area contributed by atoms with E-state index in [4.69, 9.17) is 35.7 Å². The lowest BCUT2D eigenvalue weighted by molar-refractivity contribution is -0.169. The largest absolute Gasteiger partial charge is 0.479 e. The second kappa shape index (κ2) is 5.95. The summed E-state index contributed by atoms with van der Waals surface area (Å²) in [6.45, 7) is -0.881. The Hall–Kier alpha value is -0.770. The smallest absolute Gasteiger partial charge is 0.335 e. The van der Waals surface area contributed by atoms with Gasteiger partial charge in [0.05, 0.1) is 6.61 Å². The number of aliphatic hydroxyl groups is 6. The first kappa shape index (κ1) is 14.2. The van der Waals surface area contributed by atoms with E-state index in [0.717, 1.165) is 0 Å². The van der Waals surface area contributed by atoms with Crippen LogP contribution in [0.2, 0.25) is 0 Å². The van der Waals surface area contributed by atoms with Crippen molar-refractivity contribution in [3.05, 3.63) is 0 Å². The minimum Gasteiger partial charge on any atom is -0.479 e. The van der Waals surface area contributed by atoms with Crippen LogP contribution < -0.4 is 0 Å². The van der Waals surface area contributed by atoms with Crippen LogP contribution in [0.15, 0.2) is 0 Å². The Morgan fingerprint density at radius 1 is 0.933 bits per heavy atom. The van der Waals surface area contributed by atoms with Crippen molar-refractivity contribution in [1.82, 2.24) is 0 Å². The third-order valence-corrected chi connectivity index (χ3v) is 1.86. The van der Waals surface area contributed by atoms with Gasteiger partial charge in [-0.3, -0.25) is 0 Å². The zero-order chi connectivity index (χ0) is 12.2. The molecule has 0 spiro atoms. The first-order chi connectivity index (χ1) is 6.82. The average Bonchev–Trinajstić information content (AvgIpc) is 2.23. The summed E-state index contributed by atoms with van der Waals surface area (Å²) < 4.78 is 0. The van der Waals surface area contributed by atoms with Crippen LogP contribution in [0.1, 0.15) is 0 Å². The number of carbonyl (C=O) groups is 1. The van der Waals surface area contributed by atoms with Crippen LogP contribution in [0.4, 0.5) is 0 Å². The number of hydrogen-bond donors (Lipinski definition) is 7. The first-order valence-corrected chi connectivity index (χ1v) is 4.07. The molecule has 0 heterocycles. The van der Waals surface area contributed by atoms with Gasteiger partial charge in [-0.25, -0.2) is 4.79 Å². The van der Waals surface area contributed by atoms with Crippen molar-refractivity contribution < 1.29 is 40.5 Å². The van der Waals surface area contributed by atoms with Gasteiger partial charge in [-0.15, -0.1) is 0 Å². The highest BCUT2D eigenvalue weighted by molar-refractivity contribution is 5.72. The van der Waals surface area contributed by atoms with Crippen molar-refractivity contribution in [2.75, 3.05) is 6.61 Å². The Bertz CT molecular complexity index is 207. The summed E-state index contributed by atoms with van der Waals surface area (Å²) in [6, 6.07) is 0. The van der Waals surface area contributed by atoms with E-state index in [2.05, 4.69) is 0 Å². The van der Waals surface area contributed by atoms with Crippen molar-refractivity contribution >= 4 is 5.97 Å². The number of hydrogen-bond acceptors (Lipinski definition) is 7. The van der Waals surface area contributed by atoms with Crippen LogP contribution in [0, 0.1) is 0 Å². The molecule has 0 aliphatic rings. The fraction of sp³-hybridized carbons (Fsp3) is 0.857. The Kier molecular flexibility index (Phi) is 5.65. The number of rotatable bonds is 6. The molecule has 0 aliphatic carbocycles. The molecule has 0 aromatic heterocycles. The van der Waals surface area contributed by atoms with E-state index in [9.17, 15) is 4.79 Å². The molecule has 0 saturated heterocycles. The van der Waals surface area contributed by atoms with E-state index in [1.165, 1.54) is 0 Å². The summed E-state index contributed by atoms with van der Waals surface area (Å²) in [5.74, 6) is -1.78. The molecule has 5 atom stereocenters. The molecular weight excluding hydrogens is 212 g/mol. The molecule has 0 aromatic rings. The minimum atomic E-state index is -2.29. The molecule has 0 bridgehead atoms. The van der Waals surface area contributed by atoms with E-state index in [1.54, 1.807) is 0 Å². The van der Waals surface area contributed by atoms with Crippen LogP contribution in [-0.2, 0) is 4.79 Å². The number of aliphatic carboxylic acids is 1. The van der Waals surface area contributed by atoms with Crippen molar-refractivity contribution in [3.63, 3.8) is 0 Å². The highest BCUT2D eigenvalue weighted by Gasteiger charge is 2.36. The maximum atomic E-state index is 10.2. The summed E-state index contributed by atoms with van der Waals surface area (Å²) >= 11 is 0. The molecule has 0 amide bonds. The molecule has 0 aliphatic heterocycles. The minimum absolute atomic E-state index is 0.881. The lowest BCUT2D eigenvalue weighted by atomic mass is 9.99. The Labute approximate surface area is 84.7 Å². The van der Waals surface area contributed by atoms with E-state index < -0.39 is 43.1 Å². The lowest BCUT2D eigenvalue weighted by Crippen LogP contribution is -2.51. The Morgan fingerprint density at radius 3 is 1.73 bits per heavy atom. The van der Waals surface area contributed by atoms with Crippen molar-refractivity contribution in [3.8, 4) is 0 Å². The summed E-state index contributed by atoms with van der Waals surface area (Å²) in [4.78, 5) is 10.2. The van der Waals surface area contributed by atoms with E-state index in [0.29, 0.717) is 0 Å².